The van der Waals surface area contributed by atoms with Gasteiger partial charge in [-0.3, -0.25) is 9.59 Å². The zero-order valence-corrected chi connectivity index (χ0v) is 19.7. The van der Waals surface area contributed by atoms with Gasteiger partial charge < -0.3 is 20.7 Å². The average Bonchev–Trinajstić information content (AvgIpc) is 2.84. The standard InChI is InChI=1S/C27H30FN3O3/c1-27(2,17-29)18-31(26(33)21-7-4-8-22(28)14-21)16-19-10-12-23(13-11-19)30-25(32)20-6-5-9-24(15-20)34-3/h4-15H,16-18,29H2,1-3H3,(H,30,32). The number of rotatable bonds is 9. The fourth-order valence-electron chi connectivity index (χ4n) is 3.47. The van der Waals surface area contributed by atoms with Gasteiger partial charge in [-0.1, -0.05) is 38.1 Å². The van der Waals surface area contributed by atoms with Crippen LogP contribution in [0.4, 0.5) is 10.1 Å². The van der Waals surface area contributed by atoms with Crippen LogP contribution < -0.4 is 15.8 Å². The predicted molar refractivity (Wildman–Crippen MR) is 131 cm³/mol. The van der Waals surface area contributed by atoms with Crippen LogP contribution in [0.15, 0.2) is 72.8 Å². The second-order valence-corrected chi connectivity index (χ2v) is 8.92. The average molecular weight is 464 g/mol. The number of nitrogens with one attached hydrogen (secondary N) is 1. The summed E-state index contributed by atoms with van der Waals surface area (Å²) in [6.45, 7) is 5.09. The monoisotopic (exact) mass is 463 g/mol. The second kappa shape index (κ2) is 10.9. The first-order chi connectivity index (χ1) is 16.2. The molecule has 0 fully saturated rings. The van der Waals surface area contributed by atoms with Crippen molar-refractivity contribution in [1.29, 1.82) is 0 Å². The van der Waals surface area contributed by atoms with E-state index in [4.69, 9.17) is 10.5 Å². The molecule has 0 saturated heterocycles. The predicted octanol–water partition coefficient (Wildman–Crippen LogP) is 4.71. The van der Waals surface area contributed by atoms with Crippen molar-refractivity contribution < 1.29 is 18.7 Å². The Bertz CT molecular complexity index is 1150. The van der Waals surface area contributed by atoms with Crippen molar-refractivity contribution in [2.45, 2.75) is 20.4 Å². The number of methoxy groups -OCH3 is 1. The summed E-state index contributed by atoms with van der Waals surface area (Å²) in [5.41, 5.74) is 7.86. The van der Waals surface area contributed by atoms with E-state index in [0.29, 0.717) is 36.6 Å². The molecular weight excluding hydrogens is 433 g/mol. The van der Waals surface area contributed by atoms with Gasteiger partial charge in [-0.25, -0.2) is 4.39 Å². The van der Waals surface area contributed by atoms with Crippen LogP contribution in [0.1, 0.15) is 40.1 Å². The van der Waals surface area contributed by atoms with Gasteiger partial charge in [-0.2, -0.15) is 0 Å². The number of nitrogens with zero attached hydrogens (tertiary/aromatic N) is 1. The van der Waals surface area contributed by atoms with Gasteiger partial charge in [0.1, 0.15) is 11.6 Å². The number of hydrogen-bond donors (Lipinski definition) is 2. The van der Waals surface area contributed by atoms with Crippen LogP contribution in [0, 0.1) is 11.2 Å². The minimum Gasteiger partial charge on any atom is -0.497 e. The number of hydrogen-bond acceptors (Lipinski definition) is 4. The van der Waals surface area contributed by atoms with E-state index >= 15 is 0 Å². The molecule has 0 aromatic heterocycles. The minimum atomic E-state index is -0.458. The molecular formula is C27H30FN3O3. The third-order valence-corrected chi connectivity index (χ3v) is 5.45. The number of halogens is 1. The fourth-order valence-corrected chi connectivity index (χ4v) is 3.47. The first-order valence-electron chi connectivity index (χ1n) is 11.0. The Morgan fingerprint density at radius 1 is 1.00 bits per heavy atom. The number of benzene rings is 3. The highest BCUT2D eigenvalue weighted by Crippen LogP contribution is 2.21. The van der Waals surface area contributed by atoms with E-state index < -0.39 is 5.82 Å². The Kier molecular flexibility index (Phi) is 8.02. The molecule has 0 heterocycles. The molecule has 3 N–H and O–H groups in total. The highest BCUT2D eigenvalue weighted by atomic mass is 19.1. The number of anilines is 1. The molecule has 6 nitrogen and oxygen atoms in total. The van der Waals surface area contributed by atoms with Gasteiger partial charge in [0.05, 0.1) is 7.11 Å². The summed E-state index contributed by atoms with van der Waals surface area (Å²) in [5.74, 6) is -0.373. The van der Waals surface area contributed by atoms with E-state index in [9.17, 15) is 14.0 Å². The maximum absolute atomic E-state index is 13.7. The zero-order chi connectivity index (χ0) is 24.7. The van der Waals surface area contributed by atoms with Crippen molar-refractivity contribution in [2.75, 3.05) is 25.5 Å². The summed E-state index contributed by atoms with van der Waals surface area (Å²) in [6, 6.07) is 19.8. The highest BCUT2D eigenvalue weighted by Gasteiger charge is 2.25. The normalized spacial score (nSPS) is 11.1. The maximum atomic E-state index is 13.7. The molecule has 0 spiro atoms. The number of nitrogens with two attached hydrogens (primary N) is 1. The summed E-state index contributed by atoms with van der Waals surface area (Å²) in [6.07, 6.45) is 0. The number of carbonyl (C=O) groups excluding carboxylic acids is 2. The Morgan fingerprint density at radius 2 is 1.68 bits per heavy atom. The van der Waals surface area contributed by atoms with Crippen LogP contribution in [0.2, 0.25) is 0 Å². The van der Waals surface area contributed by atoms with E-state index in [1.54, 1.807) is 54.5 Å². The lowest BCUT2D eigenvalue weighted by Gasteiger charge is -2.32. The first-order valence-corrected chi connectivity index (χ1v) is 11.0. The molecule has 0 atom stereocenters. The summed E-state index contributed by atoms with van der Waals surface area (Å²) in [5, 5.41) is 2.86. The lowest BCUT2D eigenvalue weighted by molar-refractivity contribution is 0.0672. The van der Waals surface area contributed by atoms with Gasteiger partial charge in [-0.05, 0) is 66.1 Å². The van der Waals surface area contributed by atoms with Crippen LogP contribution in [-0.4, -0.2) is 36.9 Å². The van der Waals surface area contributed by atoms with Gasteiger partial charge in [0.2, 0.25) is 0 Å². The van der Waals surface area contributed by atoms with Crippen molar-refractivity contribution in [3.8, 4) is 5.75 Å². The number of ether oxygens (including phenoxy) is 1. The van der Waals surface area contributed by atoms with Gasteiger partial charge in [0.25, 0.3) is 11.8 Å². The maximum Gasteiger partial charge on any atom is 0.255 e. The highest BCUT2D eigenvalue weighted by molar-refractivity contribution is 6.04. The lowest BCUT2D eigenvalue weighted by atomic mass is 9.92. The molecule has 2 amide bonds. The van der Waals surface area contributed by atoms with Crippen LogP contribution in [0.5, 0.6) is 5.75 Å². The van der Waals surface area contributed by atoms with E-state index in [2.05, 4.69) is 5.32 Å². The smallest absolute Gasteiger partial charge is 0.255 e. The topological polar surface area (TPSA) is 84.7 Å². The quantitative estimate of drug-likeness (QED) is 0.481. The molecule has 34 heavy (non-hydrogen) atoms. The number of carbonyl (C=O) groups is 2. The molecule has 0 radical (unpaired) electrons. The molecule has 0 unspecified atom stereocenters. The van der Waals surface area contributed by atoms with Gasteiger partial charge in [0.15, 0.2) is 0 Å². The minimum absolute atomic E-state index is 0.251. The third-order valence-electron chi connectivity index (χ3n) is 5.45. The molecule has 0 aliphatic heterocycles. The van der Waals surface area contributed by atoms with E-state index in [1.165, 1.54) is 18.2 Å². The lowest BCUT2D eigenvalue weighted by Crippen LogP contribution is -2.41. The summed E-state index contributed by atoms with van der Waals surface area (Å²) >= 11 is 0. The van der Waals surface area contributed by atoms with Crippen molar-refractivity contribution in [1.82, 2.24) is 4.90 Å². The molecule has 0 bridgehead atoms. The SMILES string of the molecule is COc1cccc(C(=O)Nc2ccc(CN(CC(C)(C)CN)C(=O)c3cccc(F)c3)cc2)c1. The van der Waals surface area contributed by atoms with Crippen LogP contribution in [-0.2, 0) is 6.54 Å². The molecule has 178 valence electrons. The van der Waals surface area contributed by atoms with Crippen molar-refractivity contribution in [3.63, 3.8) is 0 Å². The Balaban J connectivity index is 1.74. The summed E-state index contributed by atoms with van der Waals surface area (Å²) in [7, 11) is 1.55. The van der Waals surface area contributed by atoms with Crippen molar-refractivity contribution in [3.05, 3.63) is 95.3 Å². The Hall–Kier alpha value is -3.71. The largest absolute Gasteiger partial charge is 0.497 e. The van der Waals surface area contributed by atoms with Crippen molar-refractivity contribution in [2.24, 2.45) is 11.1 Å². The molecule has 7 heteroatoms. The third kappa shape index (κ3) is 6.65. The zero-order valence-electron chi connectivity index (χ0n) is 19.7. The Morgan fingerprint density at radius 3 is 2.32 bits per heavy atom. The van der Waals surface area contributed by atoms with E-state index in [-0.39, 0.29) is 22.8 Å². The molecule has 3 rings (SSSR count). The van der Waals surface area contributed by atoms with Gasteiger partial charge >= 0.3 is 0 Å². The van der Waals surface area contributed by atoms with Crippen LogP contribution >= 0.6 is 0 Å². The van der Waals surface area contributed by atoms with Gasteiger partial charge in [0, 0.05) is 29.9 Å². The molecule has 0 saturated carbocycles. The molecule has 0 aliphatic rings. The molecule has 0 aliphatic carbocycles. The second-order valence-electron chi connectivity index (χ2n) is 8.92. The Labute approximate surface area is 199 Å². The summed E-state index contributed by atoms with van der Waals surface area (Å²) < 4.78 is 18.9. The van der Waals surface area contributed by atoms with Crippen molar-refractivity contribution >= 4 is 17.5 Å². The summed E-state index contributed by atoms with van der Waals surface area (Å²) in [4.78, 5) is 27.4. The van der Waals surface area contributed by atoms with Gasteiger partial charge in [-0.15, -0.1) is 0 Å². The molecule has 3 aromatic rings. The fraction of sp³-hybridized carbons (Fsp3) is 0.259. The van der Waals surface area contributed by atoms with Crippen LogP contribution in [0.3, 0.4) is 0 Å². The molecule has 3 aromatic carbocycles. The van der Waals surface area contributed by atoms with Crippen LogP contribution in [0.25, 0.3) is 0 Å². The van der Waals surface area contributed by atoms with E-state index in [1.807, 2.05) is 26.0 Å². The first kappa shape index (κ1) is 24.9. The number of amides is 2. The van der Waals surface area contributed by atoms with E-state index in [0.717, 1.165) is 5.56 Å².